The third-order valence-corrected chi connectivity index (χ3v) is 3.39. The van der Waals surface area contributed by atoms with Crippen molar-refractivity contribution in [3.8, 4) is 0 Å². The van der Waals surface area contributed by atoms with E-state index in [-0.39, 0.29) is 29.8 Å². The van der Waals surface area contributed by atoms with E-state index in [0.717, 1.165) is 32.4 Å². The second-order valence-electron chi connectivity index (χ2n) is 4.76. The third-order valence-electron chi connectivity index (χ3n) is 3.39. The second-order valence-corrected chi connectivity index (χ2v) is 4.76. The van der Waals surface area contributed by atoms with Gasteiger partial charge in [-0.25, -0.2) is 4.39 Å². The minimum atomic E-state index is -0.382. The van der Waals surface area contributed by atoms with Crippen molar-refractivity contribution in [1.82, 2.24) is 5.32 Å². The zero-order chi connectivity index (χ0) is 12.8. The molecule has 0 aliphatic carbocycles. The predicted molar refractivity (Wildman–Crippen MR) is 77.1 cm³/mol. The van der Waals surface area contributed by atoms with Gasteiger partial charge in [0, 0.05) is 6.42 Å². The number of rotatable bonds is 4. The topological polar surface area (TPSA) is 41.1 Å². The molecule has 5 heteroatoms. The van der Waals surface area contributed by atoms with Crippen LogP contribution < -0.4 is 10.6 Å². The Balaban J connectivity index is 0.00000180. The molecule has 0 spiro atoms. The molecule has 2 rings (SSSR count). The van der Waals surface area contributed by atoms with Gasteiger partial charge < -0.3 is 10.6 Å². The molecule has 0 atom stereocenters. The van der Waals surface area contributed by atoms with Gasteiger partial charge >= 0.3 is 0 Å². The number of carbonyl (C=O) groups is 1. The lowest BCUT2D eigenvalue weighted by Crippen LogP contribution is -2.28. The molecule has 1 amide bonds. The van der Waals surface area contributed by atoms with E-state index in [4.69, 9.17) is 0 Å². The molecule has 1 fully saturated rings. The molecule has 1 aliphatic rings. The van der Waals surface area contributed by atoms with Crippen molar-refractivity contribution < 1.29 is 9.18 Å². The summed E-state index contributed by atoms with van der Waals surface area (Å²) in [5.74, 6) is 0.143. The van der Waals surface area contributed by atoms with E-state index in [2.05, 4.69) is 10.6 Å². The van der Waals surface area contributed by atoms with Crippen LogP contribution in [0.25, 0.3) is 0 Å². The highest BCUT2D eigenvalue weighted by molar-refractivity contribution is 5.90. The summed E-state index contributed by atoms with van der Waals surface area (Å²) in [6.45, 7) is 2.08. The Kier molecular flexibility index (Phi) is 6.81. The Morgan fingerprint density at radius 3 is 2.68 bits per heavy atom. The van der Waals surface area contributed by atoms with Crippen molar-refractivity contribution in [2.45, 2.75) is 25.7 Å². The Morgan fingerprint density at radius 2 is 2.00 bits per heavy atom. The van der Waals surface area contributed by atoms with Crippen molar-refractivity contribution in [2.75, 3.05) is 18.4 Å². The van der Waals surface area contributed by atoms with Crippen molar-refractivity contribution in [3.63, 3.8) is 0 Å². The Labute approximate surface area is 119 Å². The maximum atomic E-state index is 13.3. The molecule has 0 bridgehead atoms. The van der Waals surface area contributed by atoms with Crippen LogP contribution in [0.2, 0.25) is 0 Å². The number of piperidine rings is 1. The third kappa shape index (κ3) is 5.17. The Bertz CT molecular complexity index is 408. The molecule has 0 unspecified atom stereocenters. The van der Waals surface area contributed by atoms with Crippen LogP contribution >= 0.6 is 12.4 Å². The molecule has 0 saturated carbocycles. The van der Waals surface area contributed by atoms with E-state index in [0.29, 0.717) is 12.3 Å². The van der Waals surface area contributed by atoms with Crippen LogP contribution in [0.15, 0.2) is 24.3 Å². The fraction of sp³-hybridized carbons (Fsp3) is 0.500. The lowest BCUT2D eigenvalue weighted by atomic mass is 9.93. The van der Waals surface area contributed by atoms with Gasteiger partial charge in [-0.3, -0.25) is 4.79 Å². The number of hydrogen-bond donors (Lipinski definition) is 2. The van der Waals surface area contributed by atoms with Gasteiger partial charge in [0.05, 0.1) is 5.69 Å². The lowest BCUT2D eigenvalue weighted by Gasteiger charge is -2.22. The molecule has 0 aromatic heterocycles. The molecule has 1 saturated heterocycles. The summed E-state index contributed by atoms with van der Waals surface area (Å²) in [4.78, 5) is 11.7. The predicted octanol–water partition coefficient (Wildman–Crippen LogP) is 2.97. The highest BCUT2D eigenvalue weighted by atomic mass is 35.5. The number of anilines is 1. The van der Waals surface area contributed by atoms with Crippen LogP contribution in [0.5, 0.6) is 0 Å². The standard InChI is InChI=1S/C14H19FN2O.ClH/c15-12-3-1-2-4-13(12)17-14(18)6-5-11-7-9-16-10-8-11;/h1-4,11,16H,5-10H2,(H,17,18);1H. The van der Waals surface area contributed by atoms with Crippen molar-refractivity contribution in [2.24, 2.45) is 5.92 Å². The van der Waals surface area contributed by atoms with Gasteiger partial charge in [0.1, 0.15) is 5.82 Å². The van der Waals surface area contributed by atoms with Crippen LogP contribution in [-0.2, 0) is 4.79 Å². The van der Waals surface area contributed by atoms with E-state index in [1.807, 2.05) is 0 Å². The van der Waals surface area contributed by atoms with Gasteiger partial charge in [0.15, 0.2) is 0 Å². The molecule has 0 radical (unpaired) electrons. The summed E-state index contributed by atoms with van der Waals surface area (Å²) in [5.41, 5.74) is 0.271. The van der Waals surface area contributed by atoms with Crippen LogP contribution in [0.4, 0.5) is 10.1 Å². The Morgan fingerprint density at radius 1 is 1.32 bits per heavy atom. The average Bonchev–Trinajstić information content (AvgIpc) is 2.40. The van der Waals surface area contributed by atoms with Crippen molar-refractivity contribution >= 4 is 24.0 Å². The normalized spacial score (nSPS) is 15.6. The minimum Gasteiger partial charge on any atom is -0.324 e. The molecule has 1 aromatic carbocycles. The highest BCUT2D eigenvalue weighted by Gasteiger charge is 2.14. The summed E-state index contributed by atoms with van der Waals surface area (Å²) >= 11 is 0. The summed E-state index contributed by atoms with van der Waals surface area (Å²) < 4.78 is 13.3. The number of hydrogen-bond acceptors (Lipinski definition) is 2. The number of para-hydroxylation sites is 1. The van der Waals surface area contributed by atoms with E-state index in [1.165, 1.54) is 6.07 Å². The number of benzene rings is 1. The van der Waals surface area contributed by atoms with Crippen LogP contribution in [0, 0.1) is 11.7 Å². The van der Waals surface area contributed by atoms with Gasteiger partial charge in [-0.05, 0) is 50.4 Å². The SMILES string of the molecule is Cl.O=C(CCC1CCNCC1)Nc1ccccc1F. The minimum absolute atomic E-state index is 0. The number of carbonyl (C=O) groups excluding carboxylic acids is 1. The van der Waals surface area contributed by atoms with Gasteiger partial charge in [0.2, 0.25) is 5.91 Å². The van der Waals surface area contributed by atoms with E-state index >= 15 is 0 Å². The molecule has 1 aromatic rings. The first-order valence-electron chi connectivity index (χ1n) is 6.51. The molecule has 1 aliphatic heterocycles. The molecule has 1 heterocycles. The molecule has 3 nitrogen and oxygen atoms in total. The van der Waals surface area contributed by atoms with Gasteiger partial charge in [-0.15, -0.1) is 12.4 Å². The average molecular weight is 287 g/mol. The van der Waals surface area contributed by atoms with E-state index in [9.17, 15) is 9.18 Å². The first-order valence-corrected chi connectivity index (χ1v) is 6.51. The fourth-order valence-electron chi connectivity index (χ4n) is 2.28. The number of amides is 1. The summed E-state index contributed by atoms with van der Waals surface area (Å²) in [6.07, 6.45) is 3.63. The Hall–Kier alpha value is -1.13. The largest absolute Gasteiger partial charge is 0.324 e. The number of halogens is 2. The maximum absolute atomic E-state index is 13.3. The van der Waals surface area contributed by atoms with Crippen LogP contribution in [0.3, 0.4) is 0 Å². The van der Waals surface area contributed by atoms with Crippen LogP contribution in [-0.4, -0.2) is 19.0 Å². The zero-order valence-electron chi connectivity index (χ0n) is 10.8. The molecular formula is C14H20ClFN2O. The summed E-state index contributed by atoms with van der Waals surface area (Å²) in [5, 5.41) is 5.92. The van der Waals surface area contributed by atoms with E-state index < -0.39 is 0 Å². The smallest absolute Gasteiger partial charge is 0.224 e. The quantitative estimate of drug-likeness (QED) is 0.893. The maximum Gasteiger partial charge on any atom is 0.224 e. The lowest BCUT2D eigenvalue weighted by molar-refractivity contribution is -0.116. The van der Waals surface area contributed by atoms with Crippen LogP contribution in [0.1, 0.15) is 25.7 Å². The van der Waals surface area contributed by atoms with Gasteiger partial charge in [0.25, 0.3) is 0 Å². The second kappa shape index (κ2) is 8.12. The van der Waals surface area contributed by atoms with Gasteiger partial charge in [-0.2, -0.15) is 0 Å². The first kappa shape index (κ1) is 15.9. The monoisotopic (exact) mass is 286 g/mol. The fourth-order valence-corrected chi connectivity index (χ4v) is 2.28. The zero-order valence-corrected chi connectivity index (χ0v) is 11.6. The molecular weight excluding hydrogens is 267 g/mol. The van der Waals surface area contributed by atoms with Gasteiger partial charge in [-0.1, -0.05) is 12.1 Å². The molecule has 106 valence electrons. The summed E-state index contributed by atoms with van der Waals surface area (Å²) in [7, 11) is 0. The number of nitrogens with one attached hydrogen (secondary N) is 2. The van der Waals surface area contributed by atoms with Crippen molar-refractivity contribution in [1.29, 1.82) is 0 Å². The summed E-state index contributed by atoms with van der Waals surface area (Å²) in [6, 6.07) is 6.26. The molecule has 19 heavy (non-hydrogen) atoms. The highest BCUT2D eigenvalue weighted by Crippen LogP contribution is 2.19. The van der Waals surface area contributed by atoms with Crippen molar-refractivity contribution in [3.05, 3.63) is 30.1 Å². The van der Waals surface area contributed by atoms with E-state index in [1.54, 1.807) is 18.2 Å². The first-order chi connectivity index (χ1) is 8.75. The molecule has 2 N–H and O–H groups in total.